The maximum atomic E-state index is 12.4. The number of likely N-dealkylation sites (N-methyl/N-ethyl adjacent to an activating group) is 1. The summed E-state index contributed by atoms with van der Waals surface area (Å²) in [6, 6.07) is 9.12. The molecular weight excluding hydrogens is 256 g/mol. The first kappa shape index (κ1) is 14.1. The van der Waals surface area contributed by atoms with Gasteiger partial charge in [-0.1, -0.05) is 18.2 Å². The summed E-state index contributed by atoms with van der Waals surface area (Å²) in [7, 11) is 1.61. The molecule has 0 aliphatic carbocycles. The van der Waals surface area contributed by atoms with E-state index in [2.05, 4.69) is 0 Å². The first-order chi connectivity index (χ1) is 9.48. The van der Waals surface area contributed by atoms with E-state index in [1.54, 1.807) is 26.1 Å². The van der Waals surface area contributed by atoms with Gasteiger partial charge in [0.2, 0.25) is 0 Å². The summed E-state index contributed by atoms with van der Waals surface area (Å²) in [4.78, 5) is 25.9. The van der Waals surface area contributed by atoms with Gasteiger partial charge in [0.15, 0.2) is 5.60 Å². The van der Waals surface area contributed by atoms with Gasteiger partial charge in [-0.3, -0.25) is 4.79 Å². The number of rotatable bonds is 3. The lowest BCUT2D eigenvalue weighted by Gasteiger charge is -2.35. The van der Waals surface area contributed by atoms with Gasteiger partial charge in [0, 0.05) is 20.0 Å². The first-order valence-corrected chi connectivity index (χ1v) is 6.42. The number of carbonyl (C=O) groups is 2. The average Bonchev–Trinajstić information content (AvgIpc) is 2.43. The second-order valence-electron chi connectivity index (χ2n) is 5.09. The lowest BCUT2D eigenvalue weighted by Crippen LogP contribution is -2.52. The van der Waals surface area contributed by atoms with Crippen molar-refractivity contribution in [2.45, 2.75) is 25.4 Å². The van der Waals surface area contributed by atoms with Crippen LogP contribution in [0.2, 0.25) is 0 Å². The van der Waals surface area contributed by atoms with Crippen molar-refractivity contribution in [3.8, 4) is 6.07 Å². The Kier molecular flexibility index (Phi) is 3.75. The van der Waals surface area contributed by atoms with E-state index in [9.17, 15) is 9.59 Å². The van der Waals surface area contributed by atoms with Crippen LogP contribution in [0.5, 0.6) is 0 Å². The van der Waals surface area contributed by atoms with Gasteiger partial charge in [-0.15, -0.1) is 0 Å². The zero-order valence-corrected chi connectivity index (χ0v) is 11.5. The standard InChI is InChI=1S/C15H16N2O3/c1-15(14(19)17(2)9-5-8-16)10-11-6-3-4-7-12(11)13(18)20-15/h3-4,6-7H,5,9-10H2,1-2H3. The fraction of sp³-hybridized carbons (Fsp3) is 0.400. The molecule has 0 bridgehead atoms. The predicted octanol–water partition coefficient (Wildman–Crippen LogP) is 1.53. The number of ether oxygens (including phenoxy) is 1. The summed E-state index contributed by atoms with van der Waals surface area (Å²) in [6.45, 7) is 1.94. The molecule has 2 rings (SSSR count). The smallest absolute Gasteiger partial charge is 0.339 e. The van der Waals surface area contributed by atoms with E-state index < -0.39 is 11.6 Å². The molecule has 1 aliphatic rings. The van der Waals surface area contributed by atoms with Crippen LogP contribution in [0.3, 0.4) is 0 Å². The molecule has 0 spiro atoms. The van der Waals surface area contributed by atoms with Gasteiger partial charge in [0.25, 0.3) is 5.91 Å². The maximum absolute atomic E-state index is 12.4. The Labute approximate surface area is 117 Å². The topological polar surface area (TPSA) is 70.4 Å². The molecule has 0 aromatic heterocycles. The van der Waals surface area contributed by atoms with Crippen molar-refractivity contribution in [3.05, 3.63) is 35.4 Å². The highest BCUT2D eigenvalue weighted by atomic mass is 16.6. The number of hydrogen-bond acceptors (Lipinski definition) is 4. The molecule has 1 atom stereocenters. The lowest BCUT2D eigenvalue weighted by molar-refractivity contribution is -0.149. The maximum Gasteiger partial charge on any atom is 0.339 e. The number of benzene rings is 1. The monoisotopic (exact) mass is 272 g/mol. The Morgan fingerprint density at radius 3 is 2.90 bits per heavy atom. The zero-order valence-electron chi connectivity index (χ0n) is 11.5. The molecule has 5 heteroatoms. The Balaban J connectivity index is 2.23. The van der Waals surface area contributed by atoms with Crippen LogP contribution in [0.25, 0.3) is 0 Å². The number of cyclic esters (lactones) is 1. The minimum Gasteiger partial charge on any atom is -0.445 e. The summed E-state index contributed by atoms with van der Waals surface area (Å²) >= 11 is 0. The van der Waals surface area contributed by atoms with Crippen molar-refractivity contribution in [3.63, 3.8) is 0 Å². The van der Waals surface area contributed by atoms with Gasteiger partial charge < -0.3 is 9.64 Å². The predicted molar refractivity (Wildman–Crippen MR) is 71.8 cm³/mol. The van der Waals surface area contributed by atoms with Crippen LogP contribution in [-0.4, -0.2) is 36.0 Å². The Morgan fingerprint density at radius 2 is 2.20 bits per heavy atom. The van der Waals surface area contributed by atoms with Crippen LogP contribution >= 0.6 is 0 Å². The molecule has 0 N–H and O–H groups in total. The van der Waals surface area contributed by atoms with Gasteiger partial charge in [-0.2, -0.15) is 5.26 Å². The molecule has 0 radical (unpaired) electrons. The van der Waals surface area contributed by atoms with E-state index in [1.807, 2.05) is 18.2 Å². The van der Waals surface area contributed by atoms with Crippen LogP contribution in [-0.2, 0) is 16.0 Å². The molecule has 0 fully saturated rings. The number of nitriles is 1. The minimum absolute atomic E-state index is 0.253. The van der Waals surface area contributed by atoms with Crippen molar-refractivity contribution in [1.82, 2.24) is 4.90 Å². The Hall–Kier alpha value is -2.35. The van der Waals surface area contributed by atoms with Crippen molar-refractivity contribution in [2.75, 3.05) is 13.6 Å². The van der Waals surface area contributed by atoms with E-state index >= 15 is 0 Å². The van der Waals surface area contributed by atoms with Crippen LogP contribution in [0, 0.1) is 11.3 Å². The molecule has 0 saturated heterocycles. The largest absolute Gasteiger partial charge is 0.445 e. The van der Waals surface area contributed by atoms with Crippen LogP contribution < -0.4 is 0 Å². The third-order valence-corrected chi connectivity index (χ3v) is 3.44. The molecule has 1 aliphatic heterocycles. The normalized spacial score (nSPS) is 20.6. The highest BCUT2D eigenvalue weighted by molar-refractivity contribution is 5.97. The molecule has 20 heavy (non-hydrogen) atoms. The van der Waals surface area contributed by atoms with Gasteiger partial charge in [-0.25, -0.2) is 4.79 Å². The third kappa shape index (κ3) is 2.50. The first-order valence-electron chi connectivity index (χ1n) is 6.42. The molecular formula is C15H16N2O3. The molecule has 5 nitrogen and oxygen atoms in total. The lowest BCUT2D eigenvalue weighted by atomic mass is 9.89. The molecule has 1 aromatic carbocycles. The SMILES string of the molecule is CN(CCC#N)C(=O)C1(C)Cc2ccccc2C(=O)O1. The molecule has 1 amide bonds. The van der Waals surface area contributed by atoms with Gasteiger partial charge in [0.05, 0.1) is 18.1 Å². The van der Waals surface area contributed by atoms with E-state index in [-0.39, 0.29) is 12.3 Å². The van der Waals surface area contributed by atoms with Crippen LogP contribution in [0.15, 0.2) is 24.3 Å². The second kappa shape index (κ2) is 5.33. The van der Waals surface area contributed by atoms with Crippen LogP contribution in [0.1, 0.15) is 29.3 Å². The summed E-state index contributed by atoms with van der Waals surface area (Å²) in [5, 5.41) is 8.57. The summed E-state index contributed by atoms with van der Waals surface area (Å²) in [6.07, 6.45) is 0.605. The summed E-state index contributed by atoms with van der Waals surface area (Å²) in [5.74, 6) is -0.757. The van der Waals surface area contributed by atoms with E-state index in [1.165, 1.54) is 4.90 Å². The fourth-order valence-electron chi connectivity index (χ4n) is 2.37. The molecule has 1 heterocycles. The number of amides is 1. The van der Waals surface area contributed by atoms with Gasteiger partial charge in [0.1, 0.15) is 0 Å². The van der Waals surface area contributed by atoms with Crippen molar-refractivity contribution >= 4 is 11.9 Å². The van der Waals surface area contributed by atoms with Crippen molar-refractivity contribution in [2.24, 2.45) is 0 Å². The van der Waals surface area contributed by atoms with Gasteiger partial charge >= 0.3 is 5.97 Å². The molecule has 0 saturated carbocycles. The third-order valence-electron chi connectivity index (χ3n) is 3.44. The fourth-order valence-corrected chi connectivity index (χ4v) is 2.37. The van der Waals surface area contributed by atoms with Crippen molar-refractivity contribution < 1.29 is 14.3 Å². The number of nitrogens with zero attached hydrogens (tertiary/aromatic N) is 2. The van der Waals surface area contributed by atoms with Crippen molar-refractivity contribution in [1.29, 1.82) is 5.26 Å². The number of esters is 1. The highest BCUT2D eigenvalue weighted by Crippen LogP contribution is 2.29. The zero-order chi connectivity index (χ0) is 14.8. The number of fused-ring (bicyclic) bond motifs is 1. The number of carbonyl (C=O) groups excluding carboxylic acids is 2. The summed E-state index contributed by atoms with van der Waals surface area (Å²) in [5.41, 5.74) is 0.126. The van der Waals surface area contributed by atoms with E-state index in [0.717, 1.165) is 5.56 Å². The molecule has 104 valence electrons. The second-order valence-corrected chi connectivity index (χ2v) is 5.09. The van der Waals surface area contributed by atoms with E-state index in [4.69, 9.17) is 10.00 Å². The van der Waals surface area contributed by atoms with E-state index in [0.29, 0.717) is 18.5 Å². The van der Waals surface area contributed by atoms with Crippen LogP contribution in [0.4, 0.5) is 0 Å². The summed E-state index contributed by atoms with van der Waals surface area (Å²) < 4.78 is 5.35. The number of hydrogen-bond donors (Lipinski definition) is 0. The molecule has 1 unspecified atom stereocenters. The molecule has 1 aromatic rings. The Bertz CT molecular complexity index is 591. The Morgan fingerprint density at radius 1 is 1.50 bits per heavy atom. The average molecular weight is 272 g/mol. The quantitative estimate of drug-likeness (QED) is 0.782. The minimum atomic E-state index is -1.20. The van der Waals surface area contributed by atoms with Gasteiger partial charge in [-0.05, 0) is 18.6 Å². The highest BCUT2D eigenvalue weighted by Gasteiger charge is 2.43.